The van der Waals surface area contributed by atoms with Gasteiger partial charge in [-0.2, -0.15) is 0 Å². The number of hydrogen-bond donors (Lipinski definition) is 2. The van der Waals surface area contributed by atoms with Gasteiger partial charge in [-0.3, -0.25) is 4.57 Å². The quantitative estimate of drug-likeness (QED) is 0.243. The van der Waals surface area contributed by atoms with Crippen molar-refractivity contribution in [2.24, 2.45) is 0 Å². The highest BCUT2D eigenvalue weighted by molar-refractivity contribution is 7.30. The summed E-state index contributed by atoms with van der Waals surface area (Å²) in [6.07, 6.45) is 4.17. The normalized spacial score (nSPS) is 9.68. The van der Waals surface area contributed by atoms with Crippen molar-refractivity contribution in [2.75, 3.05) is 26.4 Å². The summed E-state index contributed by atoms with van der Waals surface area (Å²) in [5.74, 6) is -2.15. The molecular weight excluding hydrogens is 399 g/mol. The van der Waals surface area contributed by atoms with E-state index in [4.69, 9.17) is 14.4 Å². The van der Waals surface area contributed by atoms with Crippen LogP contribution in [0, 0.1) is 0 Å². The summed E-state index contributed by atoms with van der Waals surface area (Å²) in [6.45, 7) is 7.95. The molecular formula is C16H27O11P. The highest BCUT2D eigenvalue weighted by Crippen LogP contribution is 1.98. The van der Waals surface area contributed by atoms with E-state index < -0.39 is 32.1 Å². The second-order valence-electron chi connectivity index (χ2n) is 3.96. The van der Waals surface area contributed by atoms with Crippen molar-refractivity contribution in [3.63, 3.8) is 0 Å². The van der Waals surface area contributed by atoms with Crippen LogP contribution in [0.4, 0.5) is 0 Å². The Balaban J connectivity index is -0.000000375. The number of rotatable bonds is 8. The zero-order chi connectivity index (χ0) is 22.4. The fraction of sp³-hybridized carbons (Fsp3) is 0.500. The summed E-state index contributed by atoms with van der Waals surface area (Å²) < 4.78 is 26.9. The van der Waals surface area contributed by atoms with Crippen molar-refractivity contribution in [2.45, 2.75) is 27.7 Å². The first-order valence-electron chi connectivity index (χ1n) is 8.09. The van der Waals surface area contributed by atoms with Crippen molar-refractivity contribution in [3.05, 3.63) is 24.3 Å². The third-order valence-electron chi connectivity index (χ3n) is 1.86. The summed E-state index contributed by atoms with van der Waals surface area (Å²) in [5, 5.41) is 0. The van der Waals surface area contributed by atoms with Crippen LogP contribution in [0.3, 0.4) is 0 Å². The topological polar surface area (TPSA) is 163 Å². The Labute approximate surface area is 163 Å². The average molecular weight is 426 g/mol. The van der Waals surface area contributed by atoms with Gasteiger partial charge in [0, 0.05) is 24.3 Å². The van der Waals surface area contributed by atoms with Gasteiger partial charge < -0.3 is 28.7 Å². The maximum absolute atomic E-state index is 10.6. The van der Waals surface area contributed by atoms with Gasteiger partial charge in [-0.25, -0.2) is 19.2 Å². The van der Waals surface area contributed by atoms with E-state index in [2.05, 4.69) is 18.9 Å². The van der Waals surface area contributed by atoms with Gasteiger partial charge in [0.1, 0.15) is 0 Å². The van der Waals surface area contributed by atoms with Crippen LogP contribution in [0.25, 0.3) is 0 Å². The predicted molar refractivity (Wildman–Crippen MR) is 98.3 cm³/mol. The van der Waals surface area contributed by atoms with E-state index in [1.807, 2.05) is 0 Å². The number of carbonyl (C=O) groups is 4. The number of hydrogen-bond acceptors (Lipinski definition) is 9. The van der Waals surface area contributed by atoms with Gasteiger partial charge in [0.2, 0.25) is 0 Å². The van der Waals surface area contributed by atoms with Crippen LogP contribution in [-0.2, 0) is 42.7 Å². The molecule has 0 aliphatic heterocycles. The summed E-state index contributed by atoms with van der Waals surface area (Å²) >= 11 is 0. The van der Waals surface area contributed by atoms with E-state index >= 15 is 0 Å². The van der Waals surface area contributed by atoms with Crippen LogP contribution < -0.4 is 0 Å². The molecule has 0 aromatic rings. The lowest BCUT2D eigenvalue weighted by Crippen LogP contribution is -2.03. The summed E-state index contributed by atoms with van der Waals surface area (Å²) in [7, 11) is -3.13. The minimum atomic E-state index is -3.13. The summed E-state index contributed by atoms with van der Waals surface area (Å²) in [5.41, 5.74) is 0. The molecule has 0 radical (unpaired) electrons. The second kappa shape index (κ2) is 22.6. The van der Waals surface area contributed by atoms with Crippen molar-refractivity contribution >= 4 is 32.1 Å². The molecule has 162 valence electrons. The SMILES string of the molecule is CCOC(=O)/C=C\C(=O)OCC.CCOC(=O)/C=C\C(=O)OCC.O=[PH](O)O. The van der Waals surface area contributed by atoms with Gasteiger partial charge in [-0.05, 0) is 27.7 Å². The van der Waals surface area contributed by atoms with Crippen molar-refractivity contribution in [3.8, 4) is 0 Å². The molecule has 0 aliphatic rings. The predicted octanol–water partition coefficient (Wildman–Crippen LogP) is 0.698. The highest BCUT2D eigenvalue weighted by atomic mass is 31.1. The van der Waals surface area contributed by atoms with Crippen LogP contribution in [0.15, 0.2) is 24.3 Å². The molecule has 0 aromatic carbocycles. The molecule has 11 nitrogen and oxygen atoms in total. The minimum Gasteiger partial charge on any atom is -0.463 e. The molecule has 0 unspecified atom stereocenters. The number of esters is 4. The average Bonchev–Trinajstić information content (AvgIpc) is 2.59. The van der Waals surface area contributed by atoms with E-state index in [1.165, 1.54) is 0 Å². The highest BCUT2D eigenvalue weighted by Gasteiger charge is 1.98. The Morgan fingerprint density at radius 3 is 0.857 bits per heavy atom. The lowest BCUT2D eigenvalue weighted by molar-refractivity contribution is -0.140. The first kappa shape index (κ1) is 30.2. The van der Waals surface area contributed by atoms with E-state index in [1.54, 1.807) is 27.7 Å². The Kier molecular flexibility index (Phi) is 24.4. The number of ether oxygens (including phenoxy) is 4. The Morgan fingerprint density at radius 1 is 0.607 bits per heavy atom. The van der Waals surface area contributed by atoms with Crippen molar-refractivity contribution < 1.29 is 52.5 Å². The van der Waals surface area contributed by atoms with Gasteiger partial charge in [-0.1, -0.05) is 0 Å². The Hall–Kier alpha value is -2.49. The zero-order valence-electron chi connectivity index (χ0n) is 16.2. The van der Waals surface area contributed by atoms with E-state index in [0.29, 0.717) is 26.4 Å². The molecule has 0 bridgehead atoms. The molecule has 0 amide bonds. The summed E-state index contributed by atoms with van der Waals surface area (Å²) in [4.78, 5) is 56.9. The fourth-order valence-electron chi connectivity index (χ4n) is 1.03. The van der Waals surface area contributed by atoms with Crippen molar-refractivity contribution in [1.82, 2.24) is 0 Å². The first-order chi connectivity index (χ1) is 13.1. The second-order valence-corrected chi connectivity index (χ2v) is 4.52. The van der Waals surface area contributed by atoms with Crippen LogP contribution in [0.2, 0.25) is 0 Å². The lowest BCUT2D eigenvalue weighted by atomic mass is 10.5. The van der Waals surface area contributed by atoms with Crippen LogP contribution in [-0.4, -0.2) is 60.1 Å². The number of carbonyl (C=O) groups excluding carboxylic acids is 4. The van der Waals surface area contributed by atoms with Gasteiger partial charge in [0.15, 0.2) is 0 Å². The van der Waals surface area contributed by atoms with E-state index in [-0.39, 0.29) is 0 Å². The molecule has 0 atom stereocenters. The minimum absolute atomic E-state index is 0.298. The van der Waals surface area contributed by atoms with Gasteiger partial charge in [0.05, 0.1) is 26.4 Å². The molecule has 0 aromatic heterocycles. The van der Waals surface area contributed by atoms with Crippen LogP contribution in [0.1, 0.15) is 27.7 Å². The van der Waals surface area contributed by atoms with Gasteiger partial charge in [-0.15, -0.1) is 0 Å². The van der Waals surface area contributed by atoms with Crippen LogP contribution >= 0.6 is 8.25 Å². The Bertz CT molecular complexity index is 455. The maximum atomic E-state index is 10.6. The molecule has 0 fully saturated rings. The molecule has 0 heterocycles. The monoisotopic (exact) mass is 426 g/mol. The standard InChI is InChI=1S/2C8H12O4.H3O3P/c2*1-3-11-7(9)5-6-8(10)12-4-2;1-4(2)3/h2*5-6H,3-4H2,1-2H3;4H,(H2,1,2,3)/b2*6-5-;. The molecule has 0 aliphatic carbocycles. The van der Waals surface area contributed by atoms with Gasteiger partial charge >= 0.3 is 32.1 Å². The lowest BCUT2D eigenvalue weighted by Gasteiger charge is -1.95. The van der Waals surface area contributed by atoms with Crippen molar-refractivity contribution in [1.29, 1.82) is 0 Å². The third kappa shape index (κ3) is 31.3. The molecule has 12 heteroatoms. The molecule has 0 spiro atoms. The smallest absolute Gasteiger partial charge is 0.330 e. The largest absolute Gasteiger partial charge is 0.463 e. The molecule has 28 heavy (non-hydrogen) atoms. The fourth-order valence-corrected chi connectivity index (χ4v) is 1.03. The zero-order valence-corrected chi connectivity index (χ0v) is 17.2. The maximum Gasteiger partial charge on any atom is 0.330 e. The molecule has 0 saturated heterocycles. The van der Waals surface area contributed by atoms with E-state index in [9.17, 15) is 19.2 Å². The molecule has 0 saturated carbocycles. The molecule has 2 N–H and O–H groups in total. The third-order valence-corrected chi connectivity index (χ3v) is 1.86. The summed E-state index contributed by atoms with van der Waals surface area (Å²) in [6, 6.07) is 0. The first-order valence-corrected chi connectivity index (χ1v) is 9.39. The molecule has 0 rings (SSSR count). The Morgan fingerprint density at radius 2 is 0.750 bits per heavy atom. The van der Waals surface area contributed by atoms with Crippen LogP contribution in [0.5, 0.6) is 0 Å². The van der Waals surface area contributed by atoms with Gasteiger partial charge in [0.25, 0.3) is 0 Å². The van der Waals surface area contributed by atoms with E-state index in [0.717, 1.165) is 24.3 Å².